The van der Waals surface area contributed by atoms with Gasteiger partial charge >= 0.3 is 0 Å². The van der Waals surface area contributed by atoms with Crippen molar-refractivity contribution in [1.29, 1.82) is 0 Å². The molecule has 2 aliphatic rings. The van der Waals surface area contributed by atoms with Gasteiger partial charge < -0.3 is 10.2 Å². The van der Waals surface area contributed by atoms with Gasteiger partial charge in [0.25, 0.3) is 0 Å². The van der Waals surface area contributed by atoms with E-state index in [9.17, 15) is 8.42 Å². The summed E-state index contributed by atoms with van der Waals surface area (Å²) in [5.74, 6) is 0.463. The second-order valence-corrected chi connectivity index (χ2v) is 8.81. The summed E-state index contributed by atoms with van der Waals surface area (Å²) in [4.78, 5) is 2.13. The highest BCUT2D eigenvalue weighted by atomic mass is 32.2. The molecule has 0 amide bonds. The molecule has 0 spiro atoms. The third-order valence-corrected chi connectivity index (χ3v) is 6.65. The predicted molar refractivity (Wildman–Crippen MR) is 82.0 cm³/mol. The molecule has 1 atom stereocenters. The van der Waals surface area contributed by atoms with Gasteiger partial charge in [0, 0.05) is 13.1 Å². The summed E-state index contributed by atoms with van der Waals surface area (Å²) in [6, 6.07) is 0.510. The smallest absolute Gasteiger partial charge is 0.169 e. The Hall–Kier alpha value is -0.360. The SMILES string of the molecule is CN(C(=S)N[C@]1(C)CCS(=O)(=O)C1)C1CCCCC1. The number of nitrogens with one attached hydrogen (secondary N) is 1. The lowest BCUT2D eigenvalue weighted by molar-refractivity contribution is 0.269. The zero-order valence-corrected chi connectivity index (χ0v) is 13.4. The standard InChI is InChI=1S/C13H24N2O2S2/c1-13(8-9-19(16,17)10-13)14-12(18)15(2)11-6-4-3-5-7-11/h11H,3-10H2,1-2H3,(H,14,18)/t13-/m1/s1. The van der Waals surface area contributed by atoms with Gasteiger partial charge in [-0.25, -0.2) is 8.42 Å². The van der Waals surface area contributed by atoms with Gasteiger partial charge in [-0.15, -0.1) is 0 Å². The first-order valence-corrected chi connectivity index (χ1v) is 9.30. The van der Waals surface area contributed by atoms with Crippen LogP contribution in [-0.4, -0.2) is 48.6 Å². The summed E-state index contributed by atoms with van der Waals surface area (Å²) in [5, 5.41) is 3.99. The molecule has 0 radical (unpaired) electrons. The summed E-state index contributed by atoms with van der Waals surface area (Å²) in [6.07, 6.45) is 6.88. The largest absolute Gasteiger partial charge is 0.356 e. The molecule has 2 fully saturated rings. The van der Waals surface area contributed by atoms with Crippen molar-refractivity contribution in [3.63, 3.8) is 0 Å². The highest BCUT2D eigenvalue weighted by molar-refractivity contribution is 7.91. The zero-order valence-electron chi connectivity index (χ0n) is 11.8. The number of hydrogen-bond donors (Lipinski definition) is 1. The predicted octanol–water partition coefficient (Wildman–Crippen LogP) is 1.70. The van der Waals surface area contributed by atoms with Gasteiger partial charge in [0.05, 0.1) is 17.0 Å². The molecule has 6 heteroatoms. The molecule has 0 bridgehead atoms. The number of thiocarbonyl (C=S) groups is 1. The fraction of sp³-hybridized carbons (Fsp3) is 0.923. The second-order valence-electron chi connectivity index (χ2n) is 6.24. The average molecular weight is 304 g/mol. The van der Waals surface area contributed by atoms with Crippen LogP contribution in [0.1, 0.15) is 45.4 Å². The van der Waals surface area contributed by atoms with Crippen LogP contribution in [0.15, 0.2) is 0 Å². The maximum Gasteiger partial charge on any atom is 0.169 e. The molecule has 1 aliphatic heterocycles. The molecule has 1 heterocycles. The molecule has 4 nitrogen and oxygen atoms in total. The number of hydrogen-bond acceptors (Lipinski definition) is 3. The Morgan fingerprint density at radius 2 is 1.95 bits per heavy atom. The first-order chi connectivity index (χ1) is 8.81. The molecular weight excluding hydrogens is 280 g/mol. The molecule has 19 heavy (non-hydrogen) atoms. The number of sulfone groups is 1. The van der Waals surface area contributed by atoms with E-state index in [1.807, 2.05) is 14.0 Å². The van der Waals surface area contributed by atoms with Gasteiger partial charge in [0.1, 0.15) is 0 Å². The minimum absolute atomic E-state index is 0.193. The van der Waals surface area contributed by atoms with E-state index in [1.165, 1.54) is 32.1 Å². The molecule has 0 aromatic rings. The molecule has 1 saturated carbocycles. The van der Waals surface area contributed by atoms with E-state index >= 15 is 0 Å². The molecular formula is C13H24N2O2S2. The van der Waals surface area contributed by atoms with Gasteiger partial charge in [-0.2, -0.15) is 0 Å². The van der Waals surface area contributed by atoms with Crippen molar-refractivity contribution in [3.8, 4) is 0 Å². The fourth-order valence-corrected chi connectivity index (χ4v) is 5.58. The highest BCUT2D eigenvalue weighted by Gasteiger charge is 2.39. The van der Waals surface area contributed by atoms with Gasteiger partial charge in [-0.1, -0.05) is 19.3 Å². The van der Waals surface area contributed by atoms with Gasteiger partial charge in [-0.3, -0.25) is 0 Å². The Labute approximate surface area is 121 Å². The maximum absolute atomic E-state index is 11.6. The Bertz CT molecular complexity index is 444. The first kappa shape index (κ1) is 15.0. The third kappa shape index (κ3) is 3.81. The van der Waals surface area contributed by atoms with Crippen LogP contribution in [0.2, 0.25) is 0 Å². The van der Waals surface area contributed by atoms with Crippen molar-refractivity contribution in [2.24, 2.45) is 0 Å². The first-order valence-electron chi connectivity index (χ1n) is 7.07. The van der Waals surface area contributed by atoms with Crippen LogP contribution in [0.25, 0.3) is 0 Å². The quantitative estimate of drug-likeness (QED) is 0.787. The number of rotatable bonds is 2. The summed E-state index contributed by atoms with van der Waals surface area (Å²) in [7, 11) is -0.865. The van der Waals surface area contributed by atoms with E-state index in [0.29, 0.717) is 17.6 Å². The minimum Gasteiger partial charge on any atom is -0.356 e. The van der Waals surface area contributed by atoms with Crippen molar-refractivity contribution in [3.05, 3.63) is 0 Å². The topological polar surface area (TPSA) is 49.4 Å². The van der Waals surface area contributed by atoms with Crippen LogP contribution >= 0.6 is 12.2 Å². The Morgan fingerprint density at radius 1 is 1.32 bits per heavy atom. The summed E-state index contributed by atoms with van der Waals surface area (Å²) < 4.78 is 23.2. The van der Waals surface area contributed by atoms with E-state index in [1.54, 1.807) is 0 Å². The maximum atomic E-state index is 11.6. The summed E-state index contributed by atoms with van der Waals surface area (Å²) >= 11 is 5.46. The Balaban J connectivity index is 1.93. The molecule has 110 valence electrons. The minimum atomic E-state index is -2.89. The van der Waals surface area contributed by atoms with Gasteiger partial charge in [-0.05, 0) is 38.4 Å². The average Bonchev–Trinajstić information content (AvgIpc) is 2.63. The van der Waals surface area contributed by atoms with Crippen molar-refractivity contribution >= 4 is 27.2 Å². The van der Waals surface area contributed by atoms with E-state index in [2.05, 4.69) is 10.2 Å². The van der Waals surface area contributed by atoms with Crippen LogP contribution in [0, 0.1) is 0 Å². The molecule has 0 unspecified atom stereocenters. The van der Waals surface area contributed by atoms with Crippen LogP contribution in [0.3, 0.4) is 0 Å². The molecule has 0 aromatic carbocycles. The molecule has 1 saturated heterocycles. The molecule has 1 N–H and O–H groups in total. The lowest BCUT2D eigenvalue weighted by Crippen LogP contribution is -2.53. The van der Waals surface area contributed by atoms with Crippen molar-refractivity contribution < 1.29 is 8.42 Å². The second kappa shape index (κ2) is 5.56. The van der Waals surface area contributed by atoms with E-state index < -0.39 is 15.4 Å². The highest BCUT2D eigenvalue weighted by Crippen LogP contribution is 2.25. The lowest BCUT2D eigenvalue weighted by Gasteiger charge is -2.36. The van der Waals surface area contributed by atoms with E-state index in [4.69, 9.17) is 12.2 Å². The summed E-state index contributed by atoms with van der Waals surface area (Å²) in [5.41, 5.74) is -0.390. The van der Waals surface area contributed by atoms with Crippen molar-refractivity contribution in [2.75, 3.05) is 18.6 Å². The van der Waals surface area contributed by atoms with Crippen LogP contribution < -0.4 is 5.32 Å². The van der Waals surface area contributed by atoms with Crippen molar-refractivity contribution in [2.45, 2.75) is 57.0 Å². The Kier molecular flexibility index (Phi) is 4.40. The normalized spacial score (nSPS) is 31.1. The van der Waals surface area contributed by atoms with Crippen LogP contribution in [-0.2, 0) is 9.84 Å². The molecule has 2 rings (SSSR count). The van der Waals surface area contributed by atoms with Gasteiger partial charge in [0.2, 0.25) is 0 Å². The third-order valence-electron chi connectivity index (χ3n) is 4.35. The zero-order chi connectivity index (χ0) is 14.1. The van der Waals surface area contributed by atoms with E-state index in [0.717, 1.165) is 0 Å². The summed E-state index contributed by atoms with van der Waals surface area (Å²) in [6.45, 7) is 1.96. The lowest BCUT2D eigenvalue weighted by atomic mass is 9.94. The number of nitrogens with zero attached hydrogens (tertiary/aromatic N) is 1. The van der Waals surface area contributed by atoms with Gasteiger partial charge in [0.15, 0.2) is 14.9 Å². The van der Waals surface area contributed by atoms with E-state index in [-0.39, 0.29) is 11.5 Å². The monoisotopic (exact) mass is 304 g/mol. The van der Waals surface area contributed by atoms with Crippen LogP contribution in [0.5, 0.6) is 0 Å². The van der Waals surface area contributed by atoms with Crippen LogP contribution in [0.4, 0.5) is 0 Å². The molecule has 0 aromatic heterocycles. The fourth-order valence-electron chi connectivity index (χ4n) is 3.09. The van der Waals surface area contributed by atoms with Crippen molar-refractivity contribution in [1.82, 2.24) is 10.2 Å². The Morgan fingerprint density at radius 3 is 2.47 bits per heavy atom. The molecule has 1 aliphatic carbocycles.